The lowest BCUT2D eigenvalue weighted by Crippen LogP contribution is -2.47. The molecule has 1 fully saturated rings. The molecule has 1 amide bonds. The van der Waals surface area contributed by atoms with E-state index in [0.29, 0.717) is 50.3 Å². The van der Waals surface area contributed by atoms with Gasteiger partial charge in [-0.25, -0.2) is 13.1 Å². The van der Waals surface area contributed by atoms with Gasteiger partial charge in [0.25, 0.3) is 0 Å². The van der Waals surface area contributed by atoms with Crippen molar-refractivity contribution < 1.29 is 17.9 Å². The van der Waals surface area contributed by atoms with Crippen molar-refractivity contribution in [3.05, 3.63) is 41.2 Å². The Kier molecular flexibility index (Phi) is 6.59. The lowest BCUT2D eigenvalue weighted by Gasteiger charge is -2.32. The third-order valence-electron chi connectivity index (χ3n) is 5.09. The largest absolute Gasteiger partial charge is 0.494 e. The third-order valence-corrected chi connectivity index (χ3v) is 6.87. The number of hydrogen-bond donors (Lipinski definition) is 2. The van der Waals surface area contributed by atoms with Gasteiger partial charge in [0, 0.05) is 19.1 Å². The fraction of sp³-hybridized carbons (Fsp3) is 0.500. The second-order valence-corrected chi connectivity index (χ2v) is 8.94. The van der Waals surface area contributed by atoms with Gasteiger partial charge in [0.1, 0.15) is 10.6 Å². The first-order valence-corrected chi connectivity index (χ1v) is 11.3. The van der Waals surface area contributed by atoms with Crippen LogP contribution in [0.2, 0.25) is 0 Å². The number of carbonyl (C=O) groups is 1. The van der Waals surface area contributed by atoms with Crippen LogP contribution < -0.4 is 9.46 Å². The number of sulfonamides is 1. The average Bonchev–Trinajstić information content (AvgIpc) is 3.03. The first-order chi connectivity index (χ1) is 13.8. The number of ether oxygens (including phenoxy) is 1. The SMILES string of the molecule is CCOc1ccc(CC(=O)N2CCC(NS(=O)(=O)c3c(C)n[nH]c3C)CC2)cc1. The Labute approximate surface area is 171 Å². The fourth-order valence-corrected chi connectivity index (χ4v) is 5.29. The van der Waals surface area contributed by atoms with Crippen LogP contribution in [0.15, 0.2) is 29.2 Å². The van der Waals surface area contributed by atoms with E-state index in [4.69, 9.17) is 4.74 Å². The Morgan fingerprint density at radius 2 is 1.90 bits per heavy atom. The van der Waals surface area contributed by atoms with Gasteiger partial charge < -0.3 is 9.64 Å². The Morgan fingerprint density at radius 3 is 2.45 bits per heavy atom. The van der Waals surface area contributed by atoms with Crippen LogP contribution in [0.3, 0.4) is 0 Å². The normalized spacial score (nSPS) is 15.5. The van der Waals surface area contributed by atoms with Crippen molar-refractivity contribution in [1.29, 1.82) is 0 Å². The molecule has 158 valence electrons. The molecule has 9 heteroatoms. The number of carbonyl (C=O) groups excluding carboxylic acids is 1. The van der Waals surface area contributed by atoms with Crippen molar-refractivity contribution >= 4 is 15.9 Å². The summed E-state index contributed by atoms with van der Waals surface area (Å²) in [6.07, 6.45) is 1.50. The summed E-state index contributed by atoms with van der Waals surface area (Å²) in [7, 11) is -3.63. The van der Waals surface area contributed by atoms with Gasteiger partial charge in [-0.2, -0.15) is 5.10 Å². The van der Waals surface area contributed by atoms with Crippen LogP contribution in [0.5, 0.6) is 5.75 Å². The lowest BCUT2D eigenvalue weighted by molar-refractivity contribution is -0.131. The first kappa shape index (κ1) is 21.3. The van der Waals surface area contributed by atoms with Crippen molar-refractivity contribution in [3.8, 4) is 5.75 Å². The molecule has 1 saturated heterocycles. The predicted octanol–water partition coefficient (Wildman–Crippen LogP) is 1.94. The number of aromatic nitrogens is 2. The van der Waals surface area contributed by atoms with Gasteiger partial charge in [0.2, 0.25) is 15.9 Å². The molecule has 0 aliphatic carbocycles. The highest BCUT2D eigenvalue weighted by molar-refractivity contribution is 7.89. The van der Waals surface area contributed by atoms with Crippen LogP contribution in [-0.2, 0) is 21.2 Å². The molecule has 0 radical (unpaired) electrons. The quantitative estimate of drug-likeness (QED) is 0.712. The molecule has 1 aliphatic rings. The highest BCUT2D eigenvalue weighted by Gasteiger charge is 2.29. The van der Waals surface area contributed by atoms with Crippen LogP contribution in [-0.4, -0.2) is 55.2 Å². The van der Waals surface area contributed by atoms with E-state index in [1.807, 2.05) is 31.2 Å². The van der Waals surface area contributed by atoms with Crippen molar-refractivity contribution in [2.24, 2.45) is 0 Å². The zero-order valence-electron chi connectivity index (χ0n) is 17.1. The minimum absolute atomic E-state index is 0.0528. The number of benzene rings is 1. The topological polar surface area (TPSA) is 104 Å². The average molecular weight is 421 g/mol. The fourth-order valence-electron chi connectivity index (χ4n) is 3.62. The van der Waals surface area contributed by atoms with E-state index >= 15 is 0 Å². The molecule has 0 atom stereocenters. The van der Waals surface area contributed by atoms with Crippen molar-refractivity contribution in [1.82, 2.24) is 19.8 Å². The van der Waals surface area contributed by atoms with Crippen molar-refractivity contribution in [2.45, 2.75) is 51.0 Å². The van der Waals surface area contributed by atoms with E-state index in [9.17, 15) is 13.2 Å². The summed E-state index contributed by atoms with van der Waals surface area (Å²) in [6, 6.07) is 7.35. The number of hydrogen-bond acceptors (Lipinski definition) is 5. The third kappa shape index (κ3) is 5.16. The van der Waals surface area contributed by atoms with Crippen LogP contribution in [0, 0.1) is 13.8 Å². The minimum Gasteiger partial charge on any atom is -0.494 e. The number of aromatic amines is 1. The van der Waals surface area contributed by atoms with E-state index in [1.165, 1.54) is 0 Å². The molecule has 0 bridgehead atoms. The van der Waals surface area contributed by atoms with Gasteiger partial charge in [0.05, 0.1) is 24.4 Å². The maximum Gasteiger partial charge on any atom is 0.244 e. The number of nitrogens with zero attached hydrogens (tertiary/aromatic N) is 2. The molecule has 8 nitrogen and oxygen atoms in total. The molecule has 1 aromatic heterocycles. The second-order valence-electron chi connectivity index (χ2n) is 7.29. The highest BCUT2D eigenvalue weighted by atomic mass is 32.2. The molecule has 2 N–H and O–H groups in total. The van der Waals surface area contributed by atoms with E-state index in [2.05, 4.69) is 14.9 Å². The number of aryl methyl sites for hydroxylation is 2. The van der Waals surface area contributed by atoms with E-state index < -0.39 is 10.0 Å². The maximum atomic E-state index is 12.7. The first-order valence-electron chi connectivity index (χ1n) is 9.83. The monoisotopic (exact) mass is 420 g/mol. The van der Waals surface area contributed by atoms with Crippen LogP contribution >= 0.6 is 0 Å². The van der Waals surface area contributed by atoms with E-state index in [1.54, 1.807) is 18.7 Å². The lowest BCUT2D eigenvalue weighted by atomic mass is 10.0. The summed E-state index contributed by atoms with van der Waals surface area (Å²) in [6.45, 7) is 6.96. The zero-order valence-corrected chi connectivity index (χ0v) is 17.9. The van der Waals surface area contributed by atoms with Gasteiger partial charge in [-0.1, -0.05) is 12.1 Å². The molecular weight excluding hydrogens is 392 g/mol. The summed E-state index contributed by atoms with van der Waals surface area (Å²) in [5.74, 6) is 0.844. The second kappa shape index (κ2) is 8.96. The maximum absolute atomic E-state index is 12.7. The smallest absolute Gasteiger partial charge is 0.244 e. The molecule has 1 aromatic carbocycles. The molecule has 29 heavy (non-hydrogen) atoms. The summed E-state index contributed by atoms with van der Waals surface area (Å²) < 4.78 is 33.5. The van der Waals surface area contributed by atoms with Crippen LogP contribution in [0.25, 0.3) is 0 Å². The number of nitrogens with one attached hydrogen (secondary N) is 2. The number of amides is 1. The minimum atomic E-state index is -3.63. The summed E-state index contributed by atoms with van der Waals surface area (Å²) >= 11 is 0. The van der Waals surface area contributed by atoms with Gasteiger partial charge in [0.15, 0.2) is 0 Å². The molecule has 0 saturated carbocycles. The highest BCUT2D eigenvalue weighted by Crippen LogP contribution is 2.20. The summed E-state index contributed by atoms with van der Waals surface area (Å²) in [5.41, 5.74) is 1.92. The standard InChI is InChI=1S/C20H28N4O4S/c1-4-28-18-7-5-16(6-8-18)13-19(25)24-11-9-17(10-12-24)23-29(26,27)20-14(2)21-22-15(20)3/h5-8,17,23H,4,9-13H2,1-3H3,(H,21,22). The molecule has 2 aromatic rings. The molecule has 0 unspecified atom stereocenters. The molecule has 2 heterocycles. The van der Waals surface area contributed by atoms with E-state index in [0.717, 1.165) is 11.3 Å². The number of rotatable bonds is 7. The number of piperidine rings is 1. The predicted molar refractivity (Wildman–Crippen MR) is 109 cm³/mol. The molecule has 3 rings (SSSR count). The van der Waals surface area contributed by atoms with Crippen LogP contribution in [0.4, 0.5) is 0 Å². The molecule has 1 aliphatic heterocycles. The van der Waals surface area contributed by atoms with E-state index in [-0.39, 0.29) is 16.8 Å². The van der Waals surface area contributed by atoms with Gasteiger partial charge >= 0.3 is 0 Å². The Hall–Kier alpha value is -2.39. The van der Waals surface area contributed by atoms with Gasteiger partial charge in [-0.05, 0) is 51.3 Å². The Bertz CT molecular complexity index is 926. The summed E-state index contributed by atoms with van der Waals surface area (Å²) in [4.78, 5) is 14.6. The molecule has 0 spiro atoms. The van der Waals surface area contributed by atoms with Crippen LogP contribution in [0.1, 0.15) is 36.7 Å². The Morgan fingerprint density at radius 1 is 1.24 bits per heavy atom. The number of likely N-dealkylation sites (tertiary alicyclic amines) is 1. The van der Waals surface area contributed by atoms with Crippen molar-refractivity contribution in [3.63, 3.8) is 0 Å². The summed E-state index contributed by atoms with van der Waals surface area (Å²) in [5, 5.41) is 6.67. The van der Waals surface area contributed by atoms with Gasteiger partial charge in [-0.3, -0.25) is 9.89 Å². The van der Waals surface area contributed by atoms with Gasteiger partial charge in [-0.15, -0.1) is 0 Å². The molecular formula is C20H28N4O4S. The zero-order chi connectivity index (χ0) is 21.0. The Balaban J connectivity index is 1.53. The number of H-pyrrole nitrogens is 1. The van der Waals surface area contributed by atoms with Crippen molar-refractivity contribution in [2.75, 3.05) is 19.7 Å².